The Bertz CT molecular complexity index is 1000. The maximum atomic E-state index is 12.3. The SMILES string of the molecule is CCCCCCCCCCCC1CCC(c2ccc(-c3ccc(OC(=O)C(C)(C#N)CC)cc3)nc2)CC1. The summed E-state index contributed by atoms with van der Waals surface area (Å²) in [5, 5.41) is 9.28. The lowest BCUT2D eigenvalue weighted by Crippen LogP contribution is -2.29. The van der Waals surface area contributed by atoms with Crippen molar-refractivity contribution < 1.29 is 9.53 Å². The highest BCUT2D eigenvalue weighted by molar-refractivity contribution is 5.81. The van der Waals surface area contributed by atoms with Gasteiger partial charge in [-0.15, -0.1) is 0 Å². The molecule has 1 aromatic heterocycles. The van der Waals surface area contributed by atoms with Gasteiger partial charge in [0.1, 0.15) is 5.75 Å². The summed E-state index contributed by atoms with van der Waals surface area (Å²) in [5.74, 6) is 1.48. The first-order valence-electron chi connectivity index (χ1n) is 15.2. The number of nitriles is 1. The number of hydrogen-bond donors (Lipinski definition) is 0. The Kier molecular flexibility index (Phi) is 12.3. The highest BCUT2D eigenvalue weighted by Crippen LogP contribution is 2.38. The minimum atomic E-state index is -1.12. The smallest absolute Gasteiger partial charge is 0.331 e. The molecule has 0 aliphatic heterocycles. The van der Waals surface area contributed by atoms with Crippen LogP contribution in [0.5, 0.6) is 5.75 Å². The standard InChI is InChI=1S/C34H48N2O2/c1-4-6-7-8-9-10-11-12-13-14-27-15-17-28(18-16-27)30-21-24-32(36-25-30)29-19-22-31(23-20-29)38-33(37)34(3,5-2)26-35/h19-25,27-28H,4-18H2,1-3H3. The zero-order chi connectivity index (χ0) is 27.2. The highest BCUT2D eigenvalue weighted by Gasteiger charge is 2.33. The van der Waals surface area contributed by atoms with Crippen LogP contribution in [0.25, 0.3) is 11.3 Å². The summed E-state index contributed by atoms with van der Waals surface area (Å²) in [6, 6.07) is 13.8. The Morgan fingerprint density at radius 3 is 2.11 bits per heavy atom. The van der Waals surface area contributed by atoms with Crippen LogP contribution in [0, 0.1) is 22.7 Å². The first-order chi connectivity index (χ1) is 18.5. The van der Waals surface area contributed by atoms with Crippen molar-refractivity contribution in [3.8, 4) is 23.1 Å². The molecule has 1 fully saturated rings. The fourth-order valence-corrected chi connectivity index (χ4v) is 5.53. The molecule has 1 aromatic carbocycles. The molecule has 3 rings (SSSR count). The molecule has 1 unspecified atom stereocenters. The van der Waals surface area contributed by atoms with Crippen LogP contribution in [0.1, 0.15) is 129 Å². The minimum Gasteiger partial charge on any atom is -0.425 e. The summed E-state index contributed by atoms with van der Waals surface area (Å²) in [7, 11) is 0. The number of nitrogens with zero attached hydrogens (tertiary/aromatic N) is 2. The van der Waals surface area contributed by atoms with E-state index in [2.05, 4.69) is 25.1 Å². The van der Waals surface area contributed by atoms with Gasteiger partial charge in [0.25, 0.3) is 0 Å². The number of pyridine rings is 1. The van der Waals surface area contributed by atoms with E-state index in [0.717, 1.165) is 17.2 Å². The molecule has 206 valence electrons. The number of rotatable bonds is 15. The predicted octanol–water partition coefficient (Wildman–Crippen LogP) is 9.79. The lowest BCUT2D eigenvalue weighted by molar-refractivity contribution is -0.141. The summed E-state index contributed by atoms with van der Waals surface area (Å²) in [6.45, 7) is 5.71. The number of esters is 1. The predicted molar refractivity (Wildman–Crippen MR) is 156 cm³/mol. The van der Waals surface area contributed by atoms with Gasteiger partial charge in [0.05, 0.1) is 11.8 Å². The van der Waals surface area contributed by atoms with Crippen molar-refractivity contribution >= 4 is 5.97 Å². The molecule has 1 heterocycles. The Labute approximate surface area is 231 Å². The monoisotopic (exact) mass is 516 g/mol. The first kappa shape index (κ1) is 29.9. The molecule has 38 heavy (non-hydrogen) atoms. The fraction of sp³-hybridized carbons (Fsp3) is 0.618. The Morgan fingerprint density at radius 2 is 1.55 bits per heavy atom. The van der Waals surface area contributed by atoms with Crippen molar-refractivity contribution in [1.82, 2.24) is 4.98 Å². The molecule has 1 atom stereocenters. The molecule has 1 saturated carbocycles. The second-order valence-electron chi connectivity index (χ2n) is 11.5. The molecule has 2 aromatic rings. The number of carbonyl (C=O) groups is 1. The van der Waals surface area contributed by atoms with Crippen molar-refractivity contribution in [2.24, 2.45) is 11.3 Å². The third-order valence-electron chi connectivity index (χ3n) is 8.59. The molecule has 1 aliphatic carbocycles. The highest BCUT2D eigenvalue weighted by atomic mass is 16.5. The molecule has 0 saturated heterocycles. The summed E-state index contributed by atoms with van der Waals surface area (Å²) in [6.07, 6.45) is 21.9. The van der Waals surface area contributed by atoms with Gasteiger partial charge in [-0.3, -0.25) is 4.98 Å². The van der Waals surface area contributed by atoms with Gasteiger partial charge in [0.2, 0.25) is 0 Å². The molecule has 1 aliphatic rings. The first-order valence-corrected chi connectivity index (χ1v) is 15.2. The third-order valence-corrected chi connectivity index (χ3v) is 8.59. The molecular weight excluding hydrogens is 468 g/mol. The molecule has 0 bridgehead atoms. The van der Waals surface area contributed by atoms with Crippen molar-refractivity contribution in [3.05, 3.63) is 48.2 Å². The van der Waals surface area contributed by atoms with Crippen LogP contribution in [0.2, 0.25) is 0 Å². The summed E-state index contributed by atoms with van der Waals surface area (Å²) in [4.78, 5) is 17.1. The van der Waals surface area contributed by atoms with Crippen molar-refractivity contribution in [1.29, 1.82) is 5.26 Å². The normalized spacial score (nSPS) is 18.9. The van der Waals surface area contributed by atoms with Crippen LogP contribution in [0.3, 0.4) is 0 Å². The van der Waals surface area contributed by atoms with Crippen LogP contribution in [-0.4, -0.2) is 11.0 Å². The van der Waals surface area contributed by atoms with E-state index in [9.17, 15) is 10.1 Å². The quantitative estimate of drug-likeness (QED) is 0.134. The average molecular weight is 517 g/mol. The largest absolute Gasteiger partial charge is 0.425 e. The van der Waals surface area contributed by atoms with E-state index in [0.29, 0.717) is 18.1 Å². The zero-order valence-electron chi connectivity index (χ0n) is 24.0. The van der Waals surface area contributed by atoms with Crippen molar-refractivity contribution in [2.75, 3.05) is 0 Å². The summed E-state index contributed by atoms with van der Waals surface area (Å²) in [5.41, 5.74) is 2.14. The van der Waals surface area contributed by atoms with E-state index in [4.69, 9.17) is 9.72 Å². The molecule has 0 amide bonds. The maximum absolute atomic E-state index is 12.3. The Hall–Kier alpha value is -2.67. The number of benzene rings is 1. The van der Waals surface area contributed by atoms with Gasteiger partial charge < -0.3 is 4.74 Å². The number of hydrogen-bond acceptors (Lipinski definition) is 4. The molecule has 4 nitrogen and oxygen atoms in total. The lowest BCUT2D eigenvalue weighted by Gasteiger charge is -2.28. The van der Waals surface area contributed by atoms with Crippen LogP contribution < -0.4 is 4.74 Å². The van der Waals surface area contributed by atoms with E-state index in [1.807, 2.05) is 25.3 Å². The van der Waals surface area contributed by atoms with Crippen molar-refractivity contribution in [3.63, 3.8) is 0 Å². The van der Waals surface area contributed by atoms with Crippen LogP contribution in [0.15, 0.2) is 42.6 Å². The number of carbonyl (C=O) groups excluding carboxylic acids is 1. The fourth-order valence-electron chi connectivity index (χ4n) is 5.53. The summed E-state index contributed by atoms with van der Waals surface area (Å²) >= 11 is 0. The van der Waals surface area contributed by atoms with Crippen LogP contribution in [-0.2, 0) is 4.79 Å². The Morgan fingerprint density at radius 1 is 0.921 bits per heavy atom. The van der Waals surface area contributed by atoms with Crippen LogP contribution >= 0.6 is 0 Å². The molecular formula is C34H48N2O2. The van der Waals surface area contributed by atoms with Gasteiger partial charge in [-0.1, -0.05) is 84.1 Å². The molecule has 0 radical (unpaired) electrons. The van der Waals surface area contributed by atoms with Crippen LogP contribution in [0.4, 0.5) is 0 Å². The minimum absolute atomic E-state index is 0.414. The topological polar surface area (TPSA) is 63.0 Å². The maximum Gasteiger partial charge on any atom is 0.331 e. The van der Waals surface area contributed by atoms with E-state index >= 15 is 0 Å². The number of unbranched alkanes of at least 4 members (excludes halogenated alkanes) is 8. The van der Waals surface area contributed by atoms with Gasteiger partial charge >= 0.3 is 5.97 Å². The van der Waals surface area contributed by atoms with E-state index < -0.39 is 11.4 Å². The summed E-state index contributed by atoms with van der Waals surface area (Å²) < 4.78 is 5.44. The Balaban J connectivity index is 1.39. The lowest BCUT2D eigenvalue weighted by atomic mass is 9.77. The number of ether oxygens (including phenoxy) is 1. The van der Waals surface area contributed by atoms with Crippen molar-refractivity contribution in [2.45, 2.75) is 123 Å². The van der Waals surface area contributed by atoms with Gasteiger partial charge in [-0.2, -0.15) is 5.26 Å². The van der Waals surface area contributed by atoms with Gasteiger partial charge in [-0.05, 0) is 86.8 Å². The molecule has 0 N–H and O–H groups in total. The zero-order valence-corrected chi connectivity index (χ0v) is 24.0. The molecule has 4 heteroatoms. The van der Waals surface area contributed by atoms with E-state index in [1.165, 1.54) is 95.5 Å². The van der Waals surface area contributed by atoms with Gasteiger partial charge in [0.15, 0.2) is 5.41 Å². The van der Waals surface area contributed by atoms with E-state index in [1.54, 1.807) is 19.1 Å². The third kappa shape index (κ3) is 8.97. The number of aromatic nitrogens is 1. The average Bonchev–Trinajstić information content (AvgIpc) is 2.96. The molecule has 0 spiro atoms. The van der Waals surface area contributed by atoms with E-state index in [-0.39, 0.29) is 0 Å². The van der Waals surface area contributed by atoms with Gasteiger partial charge in [-0.25, -0.2) is 4.79 Å². The second kappa shape index (κ2) is 15.7. The second-order valence-corrected chi connectivity index (χ2v) is 11.5. The van der Waals surface area contributed by atoms with Gasteiger partial charge in [0, 0.05) is 11.8 Å².